The van der Waals surface area contributed by atoms with E-state index in [2.05, 4.69) is 29.6 Å². The number of hydrogen-bond acceptors (Lipinski definition) is 3. The third kappa shape index (κ3) is 4.00. The molecule has 0 aliphatic heterocycles. The highest BCUT2D eigenvalue weighted by molar-refractivity contribution is 6.30. The van der Waals surface area contributed by atoms with Gasteiger partial charge in [0.2, 0.25) is 0 Å². The maximum atomic E-state index is 12.4. The van der Waals surface area contributed by atoms with E-state index in [4.69, 9.17) is 16.3 Å². The summed E-state index contributed by atoms with van der Waals surface area (Å²) >= 11 is 5.98. The molecule has 0 bridgehead atoms. The van der Waals surface area contributed by atoms with Crippen molar-refractivity contribution >= 4 is 17.7 Å². The molecule has 4 rings (SSSR count). The molecule has 1 amide bonds. The van der Waals surface area contributed by atoms with E-state index in [0.717, 1.165) is 11.1 Å². The molecule has 0 heterocycles. The fraction of sp³-hybridized carbons (Fsp3) is 0.208. The van der Waals surface area contributed by atoms with E-state index >= 15 is 0 Å². The van der Waals surface area contributed by atoms with E-state index < -0.39 is 18.2 Å². The van der Waals surface area contributed by atoms with E-state index in [9.17, 15) is 9.90 Å². The Morgan fingerprint density at radius 2 is 1.66 bits per heavy atom. The molecule has 0 spiro atoms. The molecule has 29 heavy (non-hydrogen) atoms. The maximum Gasteiger partial charge on any atom is 0.407 e. The second-order valence-corrected chi connectivity index (χ2v) is 7.69. The van der Waals surface area contributed by atoms with Crippen molar-refractivity contribution < 1.29 is 14.6 Å². The summed E-state index contributed by atoms with van der Waals surface area (Å²) in [6.07, 6.45) is -1.44. The van der Waals surface area contributed by atoms with Crippen LogP contribution in [0.1, 0.15) is 35.6 Å². The summed E-state index contributed by atoms with van der Waals surface area (Å²) in [7, 11) is 0. The summed E-state index contributed by atoms with van der Waals surface area (Å²) in [5, 5.41) is 13.7. The number of halogens is 1. The van der Waals surface area contributed by atoms with Crippen molar-refractivity contribution in [2.24, 2.45) is 0 Å². The van der Waals surface area contributed by atoms with Crippen LogP contribution in [0.5, 0.6) is 0 Å². The summed E-state index contributed by atoms with van der Waals surface area (Å²) in [4.78, 5) is 12.4. The number of aliphatic hydroxyl groups is 1. The van der Waals surface area contributed by atoms with Gasteiger partial charge in [-0.3, -0.25) is 0 Å². The third-order valence-electron chi connectivity index (χ3n) is 5.35. The van der Waals surface area contributed by atoms with Crippen molar-refractivity contribution in [2.45, 2.75) is 25.0 Å². The smallest absolute Gasteiger partial charge is 0.407 e. The Kier molecular flexibility index (Phi) is 5.56. The number of carbonyl (C=O) groups is 1. The quantitative estimate of drug-likeness (QED) is 0.603. The summed E-state index contributed by atoms with van der Waals surface area (Å²) in [6, 6.07) is 22.8. The molecule has 0 saturated heterocycles. The maximum absolute atomic E-state index is 12.4. The van der Waals surface area contributed by atoms with Gasteiger partial charge in [-0.05, 0) is 46.9 Å². The second kappa shape index (κ2) is 8.27. The Bertz CT molecular complexity index is 990. The van der Waals surface area contributed by atoms with E-state index in [0.29, 0.717) is 10.6 Å². The number of ether oxygens (including phenoxy) is 1. The predicted octanol–water partition coefficient (Wildman–Crippen LogP) is 5.30. The van der Waals surface area contributed by atoms with Crippen LogP contribution in [0.15, 0.2) is 72.8 Å². The van der Waals surface area contributed by atoms with Gasteiger partial charge in [-0.1, -0.05) is 72.3 Å². The van der Waals surface area contributed by atoms with Crippen LogP contribution in [0.2, 0.25) is 5.02 Å². The Hall–Kier alpha value is -2.82. The summed E-state index contributed by atoms with van der Waals surface area (Å²) in [6.45, 7) is 1.97. The second-order valence-electron chi connectivity index (χ2n) is 7.26. The molecule has 148 valence electrons. The number of rotatable bonds is 5. The SMILES string of the molecule is CC(NC(=O)OCC1c2ccccc2-c2ccccc21)C(O)c1cccc(Cl)c1. The molecule has 1 aliphatic carbocycles. The van der Waals surface area contributed by atoms with Gasteiger partial charge in [0, 0.05) is 10.9 Å². The standard InChI is InChI=1S/C24H22ClNO3/c1-15(23(27)16-7-6-8-17(25)13-16)26-24(28)29-14-22-20-11-4-2-9-18(20)19-10-3-5-12-21(19)22/h2-13,15,22-23,27H,14H2,1H3,(H,26,28). The summed E-state index contributed by atoms with van der Waals surface area (Å²) in [5.74, 6) is 0.00121. The highest BCUT2D eigenvalue weighted by Gasteiger charge is 2.29. The highest BCUT2D eigenvalue weighted by Crippen LogP contribution is 2.44. The van der Waals surface area contributed by atoms with Gasteiger partial charge in [0.05, 0.1) is 12.1 Å². The molecule has 4 nitrogen and oxygen atoms in total. The first-order chi connectivity index (χ1) is 14.0. The monoisotopic (exact) mass is 407 g/mol. The third-order valence-corrected chi connectivity index (χ3v) is 5.59. The van der Waals surface area contributed by atoms with E-state index in [1.807, 2.05) is 24.3 Å². The van der Waals surface area contributed by atoms with Gasteiger partial charge in [-0.2, -0.15) is 0 Å². The first-order valence-corrected chi connectivity index (χ1v) is 9.97. The van der Waals surface area contributed by atoms with Crippen LogP contribution in [0.3, 0.4) is 0 Å². The number of aliphatic hydroxyl groups excluding tert-OH is 1. The van der Waals surface area contributed by atoms with E-state index in [1.54, 1.807) is 31.2 Å². The Balaban J connectivity index is 1.41. The van der Waals surface area contributed by atoms with E-state index in [1.165, 1.54) is 11.1 Å². The normalized spacial score (nSPS) is 14.6. The summed E-state index contributed by atoms with van der Waals surface area (Å²) < 4.78 is 5.53. The topological polar surface area (TPSA) is 58.6 Å². The zero-order valence-electron chi connectivity index (χ0n) is 16.0. The van der Waals surface area contributed by atoms with Crippen LogP contribution in [-0.2, 0) is 4.74 Å². The fourth-order valence-electron chi connectivity index (χ4n) is 3.88. The van der Waals surface area contributed by atoms with Crippen LogP contribution in [-0.4, -0.2) is 23.8 Å². The molecule has 0 fully saturated rings. The lowest BCUT2D eigenvalue weighted by atomic mass is 9.98. The van der Waals surface area contributed by atoms with Crippen molar-refractivity contribution in [3.05, 3.63) is 94.5 Å². The Morgan fingerprint density at radius 3 is 2.28 bits per heavy atom. The van der Waals surface area contributed by atoms with Crippen LogP contribution in [0.25, 0.3) is 11.1 Å². The fourth-order valence-corrected chi connectivity index (χ4v) is 4.08. The Morgan fingerprint density at radius 1 is 1.03 bits per heavy atom. The molecular weight excluding hydrogens is 386 g/mol. The molecule has 0 aromatic heterocycles. The number of nitrogens with one attached hydrogen (secondary N) is 1. The molecule has 3 aromatic rings. The number of carbonyl (C=O) groups excluding carboxylic acids is 1. The van der Waals surface area contributed by atoms with Crippen LogP contribution < -0.4 is 5.32 Å². The average molecular weight is 408 g/mol. The number of hydrogen-bond donors (Lipinski definition) is 2. The lowest BCUT2D eigenvalue weighted by Crippen LogP contribution is -2.38. The van der Waals surface area contributed by atoms with Gasteiger partial charge >= 0.3 is 6.09 Å². The minimum Gasteiger partial charge on any atom is -0.449 e. The van der Waals surface area contributed by atoms with Crippen LogP contribution >= 0.6 is 11.6 Å². The van der Waals surface area contributed by atoms with Gasteiger partial charge < -0.3 is 15.2 Å². The number of alkyl carbamates (subject to hydrolysis) is 1. The van der Waals surface area contributed by atoms with Crippen LogP contribution in [0.4, 0.5) is 4.79 Å². The molecule has 0 saturated carbocycles. The van der Waals surface area contributed by atoms with Crippen molar-refractivity contribution in [2.75, 3.05) is 6.61 Å². The van der Waals surface area contributed by atoms with E-state index in [-0.39, 0.29) is 12.5 Å². The van der Waals surface area contributed by atoms with Gasteiger partial charge in [0.1, 0.15) is 6.61 Å². The van der Waals surface area contributed by atoms with Gasteiger partial charge in [0.25, 0.3) is 0 Å². The van der Waals surface area contributed by atoms with Gasteiger partial charge in [-0.15, -0.1) is 0 Å². The van der Waals surface area contributed by atoms with Crippen LogP contribution in [0, 0.1) is 0 Å². The molecule has 0 radical (unpaired) electrons. The molecule has 2 N–H and O–H groups in total. The average Bonchev–Trinajstić information content (AvgIpc) is 3.05. The molecule has 2 unspecified atom stereocenters. The van der Waals surface area contributed by atoms with Crippen molar-refractivity contribution in [1.82, 2.24) is 5.32 Å². The van der Waals surface area contributed by atoms with Crippen molar-refractivity contribution in [1.29, 1.82) is 0 Å². The Labute approximate surface area is 175 Å². The lowest BCUT2D eigenvalue weighted by molar-refractivity contribution is 0.108. The van der Waals surface area contributed by atoms with Gasteiger partial charge in [-0.25, -0.2) is 4.79 Å². The number of amides is 1. The van der Waals surface area contributed by atoms with Crippen molar-refractivity contribution in [3.8, 4) is 11.1 Å². The number of benzene rings is 3. The first-order valence-electron chi connectivity index (χ1n) is 9.59. The van der Waals surface area contributed by atoms with Crippen molar-refractivity contribution in [3.63, 3.8) is 0 Å². The lowest BCUT2D eigenvalue weighted by Gasteiger charge is -2.21. The largest absolute Gasteiger partial charge is 0.449 e. The molecule has 2 atom stereocenters. The first kappa shape index (κ1) is 19.5. The minimum absolute atomic E-state index is 0.00121. The molecule has 1 aliphatic rings. The number of fused-ring (bicyclic) bond motifs is 3. The predicted molar refractivity (Wildman–Crippen MR) is 114 cm³/mol. The molecule has 3 aromatic carbocycles. The zero-order chi connectivity index (χ0) is 20.4. The molecular formula is C24H22ClNO3. The minimum atomic E-state index is -0.880. The molecule has 5 heteroatoms. The summed E-state index contributed by atoms with van der Waals surface area (Å²) in [5.41, 5.74) is 5.33. The van der Waals surface area contributed by atoms with Gasteiger partial charge in [0.15, 0.2) is 0 Å². The highest BCUT2D eigenvalue weighted by atomic mass is 35.5. The zero-order valence-corrected chi connectivity index (χ0v) is 16.8.